The average Bonchev–Trinajstić information content (AvgIpc) is 2.15. The number of hydrogen-bond acceptors (Lipinski definition) is 4. The smallest absolute Gasteiger partial charge is 0.292 e. The second-order valence-electron chi connectivity index (χ2n) is 3.81. The summed E-state index contributed by atoms with van der Waals surface area (Å²) in [6, 6.07) is 0.403. The maximum Gasteiger partial charge on any atom is 0.292 e. The van der Waals surface area contributed by atoms with Crippen molar-refractivity contribution in [3.05, 3.63) is 0 Å². The molecule has 0 bridgehead atoms. The Labute approximate surface area is 84.3 Å². The zero-order valence-electron chi connectivity index (χ0n) is 8.18. The van der Waals surface area contributed by atoms with Crippen molar-refractivity contribution in [2.24, 2.45) is 5.92 Å². The summed E-state index contributed by atoms with van der Waals surface area (Å²) >= 11 is 0. The third kappa shape index (κ3) is 2.91. The molecule has 1 atom stereocenters. The van der Waals surface area contributed by atoms with E-state index < -0.39 is 15.6 Å². The van der Waals surface area contributed by atoms with Crippen molar-refractivity contribution in [1.29, 1.82) is 0 Å². The maximum atomic E-state index is 10.7. The molecule has 0 heterocycles. The molecule has 1 aliphatic rings. The van der Waals surface area contributed by atoms with E-state index in [0.29, 0.717) is 18.9 Å². The molecule has 6 heteroatoms. The third-order valence-corrected chi connectivity index (χ3v) is 3.88. The second kappa shape index (κ2) is 4.57. The topological polar surface area (TPSA) is 86.6 Å². The van der Waals surface area contributed by atoms with Crippen molar-refractivity contribution in [3.8, 4) is 0 Å². The fourth-order valence-corrected chi connectivity index (χ4v) is 2.69. The zero-order chi connectivity index (χ0) is 10.8. The summed E-state index contributed by atoms with van der Waals surface area (Å²) in [4.78, 5) is 0. The van der Waals surface area contributed by atoms with Gasteiger partial charge in [0.2, 0.25) is 0 Å². The van der Waals surface area contributed by atoms with Gasteiger partial charge in [0.1, 0.15) is 0 Å². The predicted octanol–water partition coefficient (Wildman–Crippen LogP) is -0.0292. The summed E-state index contributed by atoms with van der Waals surface area (Å²) in [7, 11) is -2.43. The Balaban J connectivity index is 2.50. The lowest BCUT2D eigenvalue weighted by Crippen LogP contribution is -2.36. The van der Waals surface area contributed by atoms with Gasteiger partial charge in [-0.1, -0.05) is 0 Å². The predicted molar refractivity (Wildman–Crippen MR) is 52.4 cm³/mol. The van der Waals surface area contributed by atoms with Crippen molar-refractivity contribution in [3.63, 3.8) is 0 Å². The van der Waals surface area contributed by atoms with Crippen molar-refractivity contribution >= 4 is 10.1 Å². The van der Waals surface area contributed by atoms with Gasteiger partial charge in [-0.2, -0.15) is 8.42 Å². The van der Waals surface area contributed by atoms with Crippen molar-refractivity contribution in [2.75, 3.05) is 7.05 Å². The molecule has 0 aromatic heterocycles. The van der Waals surface area contributed by atoms with Gasteiger partial charge < -0.3 is 10.4 Å². The first-order chi connectivity index (χ1) is 6.45. The van der Waals surface area contributed by atoms with Crippen LogP contribution in [0, 0.1) is 5.92 Å². The van der Waals surface area contributed by atoms with Crippen LogP contribution in [0.4, 0.5) is 0 Å². The first-order valence-corrected chi connectivity index (χ1v) is 6.27. The molecule has 0 saturated heterocycles. The molecule has 0 spiro atoms. The Morgan fingerprint density at radius 1 is 1.29 bits per heavy atom. The van der Waals surface area contributed by atoms with E-state index in [2.05, 4.69) is 5.32 Å². The highest BCUT2D eigenvalue weighted by Crippen LogP contribution is 2.28. The Morgan fingerprint density at radius 3 is 2.14 bits per heavy atom. The minimum absolute atomic E-state index is 0.324. The van der Waals surface area contributed by atoms with Gasteiger partial charge in [-0.15, -0.1) is 0 Å². The molecule has 0 radical (unpaired) electrons. The number of hydrogen-bond donors (Lipinski definition) is 3. The Bertz CT molecular complexity index is 269. The molecule has 0 aliphatic heterocycles. The van der Waals surface area contributed by atoms with Crippen molar-refractivity contribution < 1.29 is 18.1 Å². The van der Waals surface area contributed by atoms with E-state index in [1.165, 1.54) is 0 Å². The first-order valence-electron chi connectivity index (χ1n) is 4.76. The molecule has 14 heavy (non-hydrogen) atoms. The van der Waals surface area contributed by atoms with E-state index in [1.54, 1.807) is 0 Å². The van der Waals surface area contributed by atoms with Gasteiger partial charge in [0.15, 0.2) is 5.44 Å². The summed E-state index contributed by atoms with van der Waals surface area (Å²) in [5, 5.41) is 12.4. The van der Waals surface area contributed by atoms with E-state index in [0.717, 1.165) is 12.8 Å². The van der Waals surface area contributed by atoms with Gasteiger partial charge in [0, 0.05) is 12.0 Å². The van der Waals surface area contributed by atoms with Crippen LogP contribution in [0.15, 0.2) is 0 Å². The van der Waals surface area contributed by atoms with E-state index >= 15 is 0 Å². The fourth-order valence-electron chi connectivity index (χ4n) is 1.94. The molecule has 1 aliphatic carbocycles. The molecule has 0 amide bonds. The SMILES string of the molecule is CNC1CCC(C(O)S(=O)(=O)O)CC1. The van der Waals surface area contributed by atoms with Gasteiger partial charge in [-0.25, -0.2) is 0 Å². The minimum atomic E-state index is -4.29. The Morgan fingerprint density at radius 2 is 1.79 bits per heavy atom. The van der Waals surface area contributed by atoms with E-state index in [9.17, 15) is 13.5 Å². The molecule has 5 nitrogen and oxygen atoms in total. The Kier molecular flexibility index (Phi) is 3.88. The summed E-state index contributed by atoms with van der Waals surface area (Å²) in [5.41, 5.74) is -1.61. The molecule has 1 fully saturated rings. The highest BCUT2D eigenvalue weighted by Gasteiger charge is 2.32. The quantitative estimate of drug-likeness (QED) is 0.585. The lowest BCUT2D eigenvalue weighted by atomic mass is 9.86. The lowest BCUT2D eigenvalue weighted by Gasteiger charge is -2.29. The van der Waals surface area contributed by atoms with Crippen LogP contribution in [0.1, 0.15) is 25.7 Å². The van der Waals surface area contributed by atoms with Gasteiger partial charge >= 0.3 is 0 Å². The third-order valence-electron chi connectivity index (χ3n) is 2.89. The second-order valence-corrected chi connectivity index (χ2v) is 5.32. The van der Waals surface area contributed by atoms with Gasteiger partial charge in [-0.05, 0) is 32.7 Å². The van der Waals surface area contributed by atoms with Gasteiger partial charge in [0.05, 0.1) is 0 Å². The summed E-state index contributed by atoms with van der Waals surface area (Å²) in [5.74, 6) is -0.324. The average molecular weight is 223 g/mol. The van der Waals surface area contributed by atoms with Crippen LogP contribution < -0.4 is 5.32 Å². The summed E-state index contributed by atoms with van der Waals surface area (Å²) in [6.07, 6.45) is 2.94. The van der Waals surface area contributed by atoms with Gasteiger partial charge in [0.25, 0.3) is 10.1 Å². The monoisotopic (exact) mass is 223 g/mol. The van der Waals surface area contributed by atoms with Crippen LogP contribution in [0.25, 0.3) is 0 Å². The molecule has 84 valence electrons. The molecule has 1 saturated carbocycles. The summed E-state index contributed by atoms with van der Waals surface area (Å²) < 4.78 is 30.0. The highest BCUT2D eigenvalue weighted by atomic mass is 32.2. The molecule has 0 aromatic carbocycles. The highest BCUT2D eigenvalue weighted by molar-refractivity contribution is 7.86. The van der Waals surface area contributed by atoms with Gasteiger partial charge in [-0.3, -0.25) is 4.55 Å². The summed E-state index contributed by atoms with van der Waals surface area (Å²) in [6.45, 7) is 0. The van der Waals surface area contributed by atoms with Crippen LogP contribution in [0.3, 0.4) is 0 Å². The van der Waals surface area contributed by atoms with Crippen LogP contribution in [0.5, 0.6) is 0 Å². The molecule has 1 unspecified atom stereocenters. The molecule has 1 rings (SSSR count). The van der Waals surface area contributed by atoms with Crippen molar-refractivity contribution in [2.45, 2.75) is 37.2 Å². The van der Waals surface area contributed by atoms with E-state index in [-0.39, 0.29) is 5.92 Å². The fraction of sp³-hybridized carbons (Fsp3) is 1.00. The minimum Gasteiger partial charge on any atom is -0.375 e. The molecule has 0 aromatic rings. The van der Waals surface area contributed by atoms with Crippen LogP contribution >= 0.6 is 0 Å². The van der Waals surface area contributed by atoms with Crippen LogP contribution in [0.2, 0.25) is 0 Å². The number of rotatable bonds is 3. The number of aliphatic hydroxyl groups excluding tert-OH is 1. The molecular weight excluding hydrogens is 206 g/mol. The molecular formula is C8H17NO4S. The Hall–Kier alpha value is -0.170. The van der Waals surface area contributed by atoms with E-state index in [1.807, 2.05) is 7.05 Å². The van der Waals surface area contributed by atoms with Crippen LogP contribution in [-0.2, 0) is 10.1 Å². The standard InChI is InChI=1S/C8H17NO4S/c1-9-7-4-2-6(3-5-7)8(10)14(11,12)13/h6-10H,2-5H2,1H3,(H,11,12,13). The maximum absolute atomic E-state index is 10.7. The lowest BCUT2D eigenvalue weighted by molar-refractivity contribution is 0.132. The largest absolute Gasteiger partial charge is 0.375 e. The molecule has 3 N–H and O–H groups in total. The van der Waals surface area contributed by atoms with Crippen LogP contribution in [-0.4, -0.2) is 36.6 Å². The van der Waals surface area contributed by atoms with Crippen molar-refractivity contribution in [1.82, 2.24) is 5.32 Å². The van der Waals surface area contributed by atoms with E-state index in [4.69, 9.17) is 4.55 Å². The normalized spacial score (nSPS) is 31.4. The zero-order valence-corrected chi connectivity index (χ0v) is 9.00. The number of nitrogens with one attached hydrogen (secondary N) is 1. The number of aliphatic hydroxyl groups is 1. The first kappa shape index (κ1) is 11.9.